The summed E-state index contributed by atoms with van der Waals surface area (Å²) < 4.78 is 0. The van der Waals surface area contributed by atoms with Crippen LogP contribution in [0, 0.1) is 0 Å². The van der Waals surface area contributed by atoms with Gasteiger partial charge in [0.25, 0.3) is 0 Å². The van der Waals surface area contributed by atoms with Crippen LogP contribution >= 0.6 is 11.6 Å². The Labute approximate surface area is 145 Å². The minimum atomic E-state index is -0.224. The summed E-state index contributed by atoms with van der Waals surface area (Å²) in [5.41, 5.74) is 1.65. The van der Waals surface area contributed by atoms with Crippen LogP contribution in [0.25, 0.3) is 0 Å². The first kappa shape index (κ1) is 17.8. The lowest BCUT2D eigenvalue weighted by Gasteiger charge is -2.08. The fourth-order valence-corrected chi connectivity index (χ4v) is 2.36. The third kappa shape index (κ3) is 5.93. The Kier molecular flexibility index (Phi) is 6.63. The van der Waals surface area contributed by atoms with Gasteiger partial charge in [-0.05, 0) is 23.3 Å². The van der Waals surface area contributed by atoms with Gasteiger partial charge in [-0.15, -0.1) is 0 Å². The average Bonchev–Trinajstić information content (AvgIpc) is 2.56. The zero-order valence-corrected chi connectivity index (χ0v) is 13.8. The number of halogens is 1. The van der Waals surface area contributed by atoms with E-state index in [9.17, 15) is 14.7 Å². The molecule has 24 heavy (non-hydrogen) atoms. The van der Waals surface area contributed by atoms with Crippen LogP contribution in [0.15, 0.2) is 48.5 Å². The zero-order valence-electron chi connectivity index (χ0n) is 13.1. The smallest absolute Gasteiger partial charge is 0.224 e. The topological polar surface area (TPSA) is 78.4 Å². The summed E-state index contributed by atoms with van der Waals surface area (Å²) in [5, 5.41) is 15.1. The highest BCUT2D eigenvalue weighted by molar-refractivity contribution is 6.31. The largest absolute Gasteiger partial charge is 0.508 e. The van der Waals surface area contributed by atoms with Gasteiger partial charge in [-0.2, -0.15) is 0 Å². The molecule has 0 fully saturated rings. The molecule has 0 radical (unpaired) electrons. The Morgan fingerprint density at radius 2 is 1.75 bits per heavy atom. The molecular formula is C18H19ClN2O3. The van der Waals surface area contributed by atoms with Crippen LogP contribution in [0.4, 0.5) is 0 Å². The molecule has 0 spiro atoms. The van der Waals surface area contributed by atoms with Gasteiger partial charge in [0, 0.05) is 24.5 Å². The molecule has 2 aromatic rings. The number of nitrogens with one attached hydrogen (secondary N) is 2. The monoisotopic (exact) mass is 346 g/mol. The van der Waals surface area contributed by atoms with Crippen LogP contribution in [0.2, 0.25) is 5.02 Å². The lowest BCUT2D eigenvalue weighted by Crippen LogP contribution is -2.31. The van der Waals surface area contributed by atoms with Crippen LogP contribution in [0.5, 0.6) is 5.75 Å². The minimum absolute atomic E-state index is 0.0549. The molecule has 0 saturated carbocycles. The molecule has 126 valence electrons. The average molecular weight is 347 g/mol. The van der Waals surface area contributed by atoms with Gasteiger partial charge in [0.05, 0.1) is 6.42 Å². The Balaban J connectivity index is 1.67. The van der Waals surface area contributed by atoms with E-state index in [1.807, 2.05) is 30.3 Å². The van der Waals surface area contributed by atoms with Crippen molar-refractivity contribution in [2.75, 3.05) is 6.54 Å². The molecule has 0 aromatic heterocycles. The lowest BCUT2D eigenvalue weighted by molar-refractivity contribution is -0.122. The van der Waals surface area contributed by atoms with Crippen molar-refractivity contribution in [3.63, 3.8) is 0 Å². The number of phenols is 1. The van der Waals surface area contributed by atoms with E-state index in [0.29, 0.717) is 17.1 Å². The molecule has 0 heterocycles. The molecular weight excluding hydrogens is 328 g/mol. The van der Waals surface area contributed by atoms with Gasteiger partial charge in [-0.25, -0.2) is 0 Å². The maximum Gasteiger partial charge on any atom is 0.224 e. The van der Waals surface area contributed by atoms with E-state index in [2.05, 4.69) is 10.6 Å². The van der Waals surface area contributed by atoms with Crippen molar-refractivity contribution in [1.82, 2.24) is 10.6 Å². The van der Waals surface area contributed by atoms with Gasteiger partial charge in [0.15, 0.2) is 0 Å². The SMILES string of the molecule is O=C(CCNC(=O)Cc1ccc(O)cc1Cl)NCc1ccccc1. The van der Waals surface area contributed by atoms with Crippen molar-refractivity contribution in [2.45, 2.75) is 19.4 Å². The summed E-state index contributed by atoms with van der Waals surface area (Å²) >= 11 is 5.95. The van der Waals surface area contributed by atoms with Gasteiger partial charge in [0.2, 0.25) is 11.8 Å². The molecule has 0 saturated heterocycles. The first-order chi connectivity index (χ1) is 11.5. The predicted molar refractivity (Wildman–Crippen MR) is 92.7 cm³/mol. The van der Waals surface area contributed by atoms with Crippen LogP contribution < -0.4 is 10.6 Å². The van der Waals surface area contributed by atoms with Crippen molar-refractivity contribution >= 4 is 23.4 Å². The van der Waals surface area contributed by atoms with E-state index >= 15 is 0 Å². The molecule has 6 heteroatoms. The molecule has 0 aliphatic carbocycles. The molecule has 0 bridgehead atoms. The molecule has 2 rings (SSSR count). The molecule has 3 N–H and O–H groups in total. The molecule has 0 aliphatic rings. The van der Waals surface area contributed by atoms with Gasteiger partial charge in [-0.1, -0.05) is 48.0 Å². The highest BCUT2D eigenvalue weighted by Gasteiger charge is 2.08. The highest BCUT2D eigenvalue weighted by atomic mass is 35.5. The number of rotatable bonds is 7. The van der Waals surface area contributed by atoms with Crippen molar-refractivity contribution in [2.24, 2.45) is 0 Å². The quantitative estimate of drug-likeness (QED) is 0.720. The van der Waals surface area contributed by atoms with Crippen molar-refractivity contribution < 1.29 is 14.7 Å². The number of phenolic OH excluding ortho intramolecular Hbond substituents is 1. The van der Waals surface area contributed by atoms with Gasteiger partial charge < -0.3 is 15.7 Å². The van der Waals surface area contributed by atoms with E-state index in [-0.39, 0.29) is 37.0 Å². The molecule has 0 aliphatic heterocycles. The molecule has 5 nitrogen and oxygen atoms in total. The van der Waals surface area contributed by atoms with Crippen LogP contribution in [-0.2, 0) is 22.6 Å². The number of amides is 2. The zero-order chi connectivity index (χ0) is 17.4. The Morgan fingerprint density at radius 3 is 2.46 bits per heavy atom. The summed E-state index contributed by atoms with van der Waals surface area (Å²) in [6.07, 6.45) is 0.312. The number of carbonyl (C=O) groups is 2. The van der Waals surface area contributed by atoms with Gasteiger partial charge in [0.1, 0.15) is 5.75 Å². The van der Waals surface area contributed by atoms with Gasteiger partial charge >= 0.3 is 0 Å². The summed E-state index contributed by atoms with van der Waals surface area (Å²) in [6, 6.07) is 14.1. The second-order valence-electron chi connectivity index (χ2n) is 5.31. The van der Waals surface area contributed by atoms with E-state index in [1.165, 1.54) is 12.1 Å². The standard InChI is InChI=1S/C18H19ClN2O3/c19-16-11-15(22)7-6-14(16)10-18(24)20-9-8-17(23)21-12-13-4-2-1-3-5-13/h1-7,11,22H,8-10,12H2,(H,20,24)(H,21,23). The van der Waals surface area contributed by atoms with E-state index in [1.54, 1.807) is 6.07 Å². The second-order valence-corrected chi connectivity index (χ2v) is 5.72. The van der Waals surface area contributed by atoms with E-state index in [4.69, 9.17) is 11.6 Å². The van der Waals surface area contributed by atoms with Crippen LogP contribution in [-0.4, -0.2) is 23.5 Å². The summed E-state index contributed by atoms with van der Waals surface area (Å²) in [7, 11) is 0. The highest BCUT2D eigenvalue weighted by Crippen LogP contribution is 2.21. The third-order valence-corrected chi connectivity index (χ3v) is 3.75. The first-order valence-electron chi connectivity index (χ1n) is 7.59. The normalized spacial score (nSPS) is 10.2. The van der Waals surface area contributed by atoms with Crippen molar-refractivity contribution in [3.8, 4) is 5.75 Å². The lowest BCUT2D eigenvalue weighted by atomic mass is 10.1. The van der Waals surface area contributed by atoms with E-state index in [0.717, 1.165) is 5.56 Å². The van der Waals surface area contributed by atoms with Crippen molar-refractivity contribution in [3.05, 3.63) is 64.7 Å². The number of benzene rings is 2. The van der Waals surface area contributed by atoms with Crippen LogP contribution in [0.3, 0.4) is 0 Å². The fraction of sp³-hybridized carbons (Fsp3) is 0.222. The maximum atomic E-state index is 11.8. The Hall–Kier alpha value is -2.53. The maximum absolute atomic E-state index is 11.8. The summed E-state index contributed by atoms with van der Waals surface area (Å²) in [5.74, 6) is -0.292. The Morgan fingerprint density at radius 1 is 1.00 bits per heavy atom. The summed E-state index contributed by atoms with van der Waals surface area (Å²) in [6.45, 7) is 0.728. The van der Waals surface area contributed by atoms with Crippen LogP contribution in [0.1, 0.15) is 17.5 Å². The minimum Gasteiger partial charge on any atom is -0.508 e. The van der Waals surface area contributed by atoms with E-state index < -0.39 is 0 Å². The number of hydrogen-bond acceptors (Lipinski definition) is 3. The van der Waals surface area contributed by atoms with Gasteiger partial charge in [-0.3, -0.25) is 9.59 Å². The predicted octanol–water partition coefficient (Wildman–Crippen LogP) is 2.41. The molecule has 0 atom stereocenters. The first-order valence-corrected chi connectivity index (χ1v) is 7.97. The Bertz CT molecular complexity index is 705. The number of carbonyl (C=O) groups excluding carboxylic acids is 2. The fourth-order valence-electron chi connectivity index (χ4n) is 2.12. The molecule has 2 aromatic carbocycles. The number of hydrogen-bond donors (Lipinski definition) is 3. The van der Waals surface area contributed by atoms with Crippen molar-refractivity contribution in [1.29, 1.82) is 0 Å². The number of aromatic hydroxyl groups is 1. The summed E-state index contributed by atoms with van der Waals surface area (Å²) in [4.78, 5) is 23.6. The molecule has 2 amide bonds. The molecule has 0 unspecified atom stereocenters. The third-order valence-electron chi connectivity index (χ3n) is 3.39. The second kappa shape index (κ2) is 8.93.